The molecule has 0 aliphatic carbocycles. The number of aromatic nitrogens is 5. The standard InChI is InChI=1S/C34H31FN6O4/c1-5-30(42)40-11-12-41-28(20(40)2)18-26(38-41)33-31(24-8-7-23(35)17-29(24)44-15-14-43-4)34-25(10-13-45-34)32(37-33)21-6-9-27-22(16-21)19-36-39(27)3/h5-10,13,16-20H,1,11-12,14-15H2,2-4H3. The first-order chi connectivity index (χ1) is 21.9. The van der Waals surface area contributed by atoms with Crippen LogP contribution in [0.2, 0.25) is 0 Å². The fourth-order valence-electron chi connectivity index (χ4n) is 6.08. The maximum absolute atomic E-state index is 14.6. The molecule has 1 aliphatic heterocycles. The number of amides is 1. The number of benzene rings is 2. The second-order valence-electron chi connectivity index (χ2n) is 11.0. The van der Waals surface area contributed by atoms with E-state index in [4.69, 9.17) is 24.0 Å². The normalized spacial score (nSPS) is 14.7. The number of methoxy groups -OCH3 is 1. The number of rotatable bonds is 8. The molecule has 0 fully saturated rings. The quantitative estimate of drug-likeness (QED) is 0.151. The van der Waals surface area contributed by atoms with Gasteiger partial charge in [-0.15, -0.1) is 0 Å². The van der Waals surface area contributed by atoms with Gasteiger partial charge in [0.2, 0.25) is 5.91 Å². The van der Waals surface area contributed by atoms with Gasteiger partial charge in [0.15, 0.2) is 0 Å². The Morgan fingerprint density at radius 3 is 2.82 bits per heavy atom. The van der Waals surface area contributed by atoms with Crippen LogP contribution in [0, 0.1) is 5.82 Å². The van der Waals surface area contributed by atoms with E-state index in [-0.39, 0.29) is 18.6 Å². The number of hydrogen-bond acceptors (Lipinski definition) is 7. The summed E-state index contributed by atoms with van der Waals surface area (Å²) in [5.74, 6) is -0.238. The highest BCUT2D eigenvalue weighted by Gasteiger charge is 2.31. The van der Waals surface area contributed by atoms with Gasteiger partial charge in [-0.2, -0.15) is 10.2 Å². The highest BCUT2D eigenvalue weighted by atomic mass is 19.1. The monoisotopic (exact) mass is 606 g/mol. The number of fused-ring (bicyclic) bond motifs is 3. The lowest BCUT2D eigenvalue weighted by atomic mass is 9.96. The Hall–Kier alpha value is -5.29. The molecule has 0 N–H and O–H groups in total. The third-order valence-corrected chi connectivity index (χ3v) is 8.35. The van der Waals surface area contributed by atoms with Crippen molar-refractivity contribution in [1.29, 1.82) is 0 Å². The number of aryl methyl sites for hydroxylation is 1. The Balaban J connectivity index is 1.48. The van der Waals surface area contributed by atoms with Gasteiger partial charge in [-0.3, -0.25) is 14.2 Å². The molecular weight excluding hydrogens is 575 g/mol. The van der Waals surface area contributed by atoms with E-state index in [1.54, 1.807) is 24.3 Å². The van der Waals surface area contributed by atoms with Crippen molar-refractivity contribution >= 4 is 27.8 Å². The predicted molar refractivity (Wildman–Crippen MR) is 168 cm³/mol. The fraction of sp³-hybridized carbons (Fsp3) is 0.235. The molecule has 7 rings (SSSR count). The smallest absolute Gasteiger partial charge is 0.246 e. The van der Waals surface area contributed by atoms with Crippen molar-refractivity contribution in [3.63, 3.8) is 0 Å². The number of pyridine rings is 1. The second-order valence-corrected chi connectivity index (χ2v) is 11.0. The van der Waals surface area contributed by atoms with Gasteiger partial charge >= 0.3 is 0 Å². The van der Waals surface area contributed by atoms with Gasteiger partial charge in [-0.25, -0.2) is 9.37 Å². The van der Waals surface area contributed by atoms with Crippen molar-refractivity contribution in [3.8, 4) is 39.5 Å². The Bertz CT molecular complexity index is 2090. The molecule has 0 radical (unpaired) electrons. The second kappa shape index (κ2) is 11.3. The molecule has 1 atom stereocenters. The van der Waals surface area contributed by atoms with E-state index in [0.29, 0.717) is 59.2 Å². The third-order valence-electron chi connectivity index (χ3n) is 8.35. The fourth-order valence-corrected chi connectivity index (χ4v) is 6.08. The molecule has 11 heteroatoms. The van der Waals surface area contributed by atoms with E-state index >= 15 is 0 Å². The predicted octanol–water partition coefficient (Wildman–Crippen LogP) is 6.17. The van der Waals surface area contributed by atoms with Crippen LogP contribution < -0.4 is 4.74 Å². The molecule has 45 heavy (non-hydrogen) atoms. The van der Waals surface area contributed by atoms with Crippen LogP contribution in [0.4, 0.5) is 4.39 Å². The van der Waals surface area contributed by atoms with Gasteiger partial charge in [0, 0.05) is 48.7 Å². The van der Waals surface area contributed by atoms with Crippen LogP contribution >= 0.6 is 0 Å². The first kappa shape index (κ1) is 28.5. The summed E-state index contributed by atoms with van der Waals surface area (Å²) in [5.41, 5.74) is 6.37. The first-order valence-electron chi connectivity index (χ1n) is 14.6. The van der Waals surface area contributed by atoms with E-state index < -0.39 is 5.82 Å². The van der Waals surface area contributed by atoms with Gasteiger partial charge in [-0.05, 0) is 49.4 Å². The molecule has 0 saturated carbocycles. The Labute approximate surface area is 258 Å². The molecule has 10 nitrogen and oxygen atoms in total. The molecule has 6 aromatic rings. The van der Waals surface area contributed by atoms with Crippen molar-refractivity contribution in [2.75, 3.05) is 26.9 Å². The summed E-state index contributed by atoms with van der Waals surface area (Å²) in [4.78, 5) is 19.6. The van der Waals surface area contributed by atoms with Crippen molar-refractivity contribution in [2.24, 2.45) is 7.05 Å². The minimum absolute atomic E-state index is 0.135. The van der Waals surface area contributed by atoms with Crippen molar-refractivity contribution < 1.29 is 23.1 Å². The summed E-state index contributed by atoms with van der Waals surface area (Å²) in [7, 11) is 3.48. The minimum Gasteiger partial charge on any atom is -0.490 e. The van der Waals surface area contributed by atoms with Crippen molar-refractivity contribution in [3.05, 3.63) is 85.2 Å². The summed E-state index contributed by atoms with van der Waals surface area (Å²) >= 11 is 0. The zero-order valence-corrected chi connectivity index (χ0v) is 25.2. The molecule has 1 amide bonds. The van der Waals surface area contributed by atoms with Crippen LogP contribution in [0.1, 0.15) is 18.7 Å². The van der Waals surface area contributed by atoms with E-state index in [1.807, 2.05) is 53.8 Å². The molecule has 0 spiro atoms. The number of carbonyl (C=O) groups excluding carboxylic acids is 1. The van der Waals surface area contributed by atoms with Gasteiger partial charge in [0.25, 0.3) is 0 Å². The molecule has 4 aromatic heterocycles. The lowest BCUT2D eigenvalue weighted by molar-refractivity contribution is -0.129. The zero-order valence-electron chi connectivity index (χ0n) is 25.2. The number of ether oxygens (including phenoxy) is 2. The summed E-state index contributed by atoms with van der Waals surface area (Å²) in [6, 6.07) is 14.1. The molecule has 2 aromatic carbocycles. The maximum atomic E-state index is 14.6. The topological polar surface area (TPSA) is 100 Å². The highest BCUT2D eigenvalue weighted by Crippen LogP contribution is 2.45. The minimum atomic E-state index is -0.434. The Kier molecular flexibility index (Phi) is 7.17. The first-order valence-corrected chi connectivity index (χ1v) is 14.6. The number of nitrogens with zero attached hydrogens (tertiary/aromatic N) is 6. The van der Waals surface area contributed by atoms with Crippen molar-refractivity contribution in [2.45, 2.75) is 19.5 Å². The molecule has 1 unspecified atom stereocenters. The number of furan rings is 1. The summed E-state index contributed by atoms with van der Waals surface area (Å²) < 4.78 is 35.7. The zero-order chi connectivity index (χ0) is 31.2. The van der Waals surface area contributed by atoms with Crippen LogP contribution in [0.15, 0.2) is 78.1 Å². The highest BCUT2D eigenvalue weighted by molar-refractivity contribution is 6.06. The molecular formula is C34H31FN6O4. The van der Waals surface area contributed by atoms with Crippen LogP contribution in [0.25, 0.3) is 55.6 Å². The average molecular weight is 607 g/mol. The van der Waals surface area contributed by atoms with E-state index in [1.165, 1.54) is 18.2 Å². The lowest BCUT2D eigenvalue weighted by Crippen LogP contribution is -2.40. The Morgan fingerprint density at radius 2 is 2.00 bits per heavy atom. The molecule has 5 heterocycles. The maximum Gasteiger partial charge on any atom is 0.246 e. The molecule has 0 bridgehead atoms. The summed E-state index contributed by atoms with van der Waals surface area (Å²) in [6.07, 6.45) is 4.78. The molecule has 228 valence electrons. The number of carbonyl (C=O) groups is 1. The van der Waals surface area contributed by atoms with E-state index in [2.05, 4.69) is 17.7 Å². The third kappa shape index (κ3) is 4.85. The van der Waals surface area contributed by atoms with Gasteiger partial charge in [-0.1, -0.05) is 12.6 Å². The van der Waals surface area contributed by atoms with Gasteiger partial charge < -0.3 is 18.8 Å². The van der Waals surface area contributed by atoms with E-state index in [0.717, 1.165) is 27.5 Å². The largest absolute Gasteiger partial charge is 0.490 e. The van der Waals surface area contributed by atoms with Crippen LogP contribution in [-0.2, 0) is 23.1 Å². The lowest BCUT2D eigenvalue weighted by Gasteiger charge is -2.33. The van der Waals surface area contributed by atoms with Gasteiger partial charge in [0.1, 0.15) is 35.1 Å². The molecule has 1 aliphatic rings. The summed E-state index contributed by atoms with van der Waals surface area (Å²) in [6.45, 7) is 7.21. The van der Waals surface area contributed by atoms with Crippen LogP contribution in [-0.4, -0.2) is 62.2 Å². The average Bonchev–Trinajstić information content (AvgIpc) is 3.80. The molecule has 0 saturated heterocycles. The number of hydrogen-bond donors (Lipinski definition) is 0. The van der Waals surface area contributed by atoms with Gasteiger partial charge in [0.05, 0.1) is 54.1 Å². The van der Waals surface area contributed by atoms with Crippen LogP contribution in [0.3, 0.4) is 0 Å². The summed E-state index contributed by atoms with van der Waals surface area (Å²) in [5, 5.41) is 11.1. The van der Waals surface area contributed by atoms with E-state index in [9.17, 15) is 9.18 Å². The number of halogens is 1. The van der Waals surface area contributed by atoms with Crippen molar-refractivity contribution in [1.82, 2.24) is 29.4 Å². The van der Waals surface area contributed by atoms with Crippen LogP contribution in [0.5, 0.6) is 5.75 Å². The SMILES string of the molecule is C=CC(=O)N1CCn2nc(-c3nc(-c4ccc5c(cnn5C)c4)c4ccoc4c3-c3ccc(F)cc3OCCOC)cc2C1C. The Morgan fingerprint density at radius 1 is 1.13 bits per heavy atom.